The molecular formula is C19H24O5. The van der Waals surface area contributed by atoms with Crippen molar-refractivity contribution in [3.05, 3.63) is 34.3 Å². The molecule has 0 amide bonds. The van der Waals surface area contributed by atoms with Crippen LogP contribution in [0, 0.1) is 0 Å². The summed E-state index contributed by atoms with van der Waals surface area (Å²) in [7, 11) is 0. The van der Waals surface area contributed by atoms with Crippen LogP contribution in [-0.2, 0) is 23.8 Å². The first-order valence-corrected chi connectivity index (χ1v) is 8.50. The van der Waals surface area contributed by atoms with Gasteiger partial charge < -0.3 is 14.2 Å². The minimum Gasteiger partial charge on any atom is -0.488 e. The van der Waals surface area contributed by atoms with E-state index in [9.17, 15) is 9.59 Å². The Hall–Kier alpha value is -2.04. The van der Waals surface area contributed by atoms with Gasteiger partial charge in [-0.1, -0.05) is 6.08 Å². The average Bonchev–Trinajstić information content (AvgIpc) is 2.54. The summed E-state index contributed by atoms with van der Waals surface area (Å²) < 4.78 is 17.3. The zero-order chi connectivity index (χ0) is 17.5. The summed E-state index contributed by atoms with van der Waals surface area (Å²) in [4.78, 5) is 23.9. The van der Waals surface area contributed by atoms with E-state index in [1.54, 1.807) is 19.9 Å². The molecule has 0 N–H and O–H groups in total. The van der Waals surface area contributed by atoms with E-state index in [-0.39, 0.29) is 11.9 Å². The van der Waals surface area contributed by atoms with E-state index in [1.807, 2.05) is 13.8 Å². The van der Waals surface area contributed by atoms with E-state index in [0.717, 1.165) is 30.6 Å². The molecule has 0 saturated heterocycles. The molecule has 0 bridgehead atoms. The predicted octanol–water partition coefficient (Wildman–Crippen LogP) is 3.70. The second-order valence-electron chi connectivity index (χ2n) is 7.08. The number of rotatable bonds is 2. The summed E-state index contributed by atoms with van der Waals surface area (Å²) in [5, 5.41) is 0. The lowest BCUT2D eigenvalue weighted by Crippen LogP contribution is -2.46. The molecule has 5 heteroatoms. The molecule has 2 aliphatic heterocycles. The highest BCUT2D eigenvalue weighted by Gasteiger charge is 2.44. The Labute approximate surface area is 142 Å². The monoisotopic (exact) mass is 332 g/mol. The van der Waals surface area contributed by atoms with Crippen molar-refractivity contribution in [2.24, 2.45) is 0 Å². The van der Waals surface area contributed by atoms with Crippen molar-refractivity contribution < 1.29 is 23.8 Å². The van der Waals surface area contributed by atoms with Crippen molar-refractivity contribution in [3.8, 4) is 0 Å². The van der Waals surface area contributed by atoms with Crippen molar-refractivity contribution in [1.82, 2.24) is 0 Å². The summed E-state index contributed by atoms with van der Waals surface area (Å²) in [6.07, 6.45) is 4.67. The Kier molecular flexibility index (Phi) is 4.28. The lowest BCUT2D eigenvalue weighted by atomic mass is 9.83. The van der Waals surface area contributed by atoms with E-state index in [1.165, 1.54) is 5.57 Å². The van der Waals surface area contributed by atoms with Crippen LogP contribution in [0.5, 0.6) is 0 Å². The van der Waals surface area contributed by atoms with Crippen molar-refractivity contribution in [2.75, 3.05) is 0 Å². The van der Waals surface area contributed by atoms with Crippen LogP contribution in [0.25, 0.3) is 0 Å². The SMILES string of the molecule is C/C=C(/C)C(=O)OC1CC2=C(CCC3=C2OC(=O)CC3)OC1(C)C. The first-order chi connectivity index (χ1) is 11.3. The van der Waals surface area contributed by atoms with Crippen LogP contribution in [0.2, 0.25) is 0 Å². The molecule has 0 fully saturated rings. The molecule has 1 aliphatic carbocycles. The molecule has 0 aromatic heterocycles. The van der Waals surface area contributed by atoms with Crippen molar-refractivity contribution in [1.29, 1.82) is 0 Å². The summed E-state index contributed by atoms with van der Waals surface area (Å²) in [5.41, 5.74) is 2.02. The largest absolute Gasteiger partial charge is 0.488 e. The lowest BCUT2D eigenvalue weighted by molar-refractivity contribution is -0.163. The summed E-state index contributed by atoms with van der Waals surface area (Å²) in [6.45, 7) is 7.39. The average molecular weight is 332 g/mol. The van der Waals surface area contributed by atoms with Gasteiger partial charge in [-0.15, -0.1) is 0 Å². The first kappa shape index (κ1) is 16.8. The van der Waals surface area contributed by atoms with Crippen molar-refractivity contribution in [2.45, 2.75) is 71.5 Å². The molecule has 0 saturated carbocycles. The topological polar surface area (TPSA) is 61.8 Å². The molecule has 0 spiro atoms. The Morgan fingerprint density at radius 3 is 2.67 bits per heavy atom. The number of hydrogen-bond donors (Lipinski definition) is 0. The van der Waals surface area contributed by atoms with Gasteiger partial charge in [0.15, 0.2) is 0 Å². The number of ether oxygens (including phenoxy) is 3. The second-order valence-corrected chi connectivity index (χ2v) is 7.08. The number of carbonyl (C=O) groups excluding carboxylic acids is 2. The highest BCUT2D eigenvalue weighted by atomic mass is 16.6. The zero-order valence-corrected chi connectivity index (χ0v) is 14.7. The lowest BCUT2D eigenvalue weighted by Gasteiger charge is -2.42. The van der Waals surface area contributed by atoms with Crippen LogP contribution in [0.1, 0.15) is 59.8 Å². The van der Waals surface area contributed by atoms with Crippen LogP contribution in [0.3, 0.4) is 0 Å². The third kappa shape index (κ3) is 2.99. The van der Waals surface area contributed by atoms with Gasteiger partial charge in [0.1, 0.15) is 23.2 Å². The van der Waals surface area contributed by atoms with Crippen LogP contribution >= 0.6 is 0 Å². The fourth-order valence-corrected chi connectivity index (χ4v) is 3.32. The Morgan fingerprint density at radius 2 is 1.96 bits per heavy atom. The number of fused-ring (bicyclic) bond motifs is 1. The molecule has 3 aliphatic rings. The number of carbonyl (C=O) groups is 2. The Bertz CT molecular complexity index is 678. The van der Waals surface area contributed by atoms with E-state index in [0.29, 0.717) is 24.2 Å². The zero-order valence-electron chi connectivity index (χ0n) is 14.7. The van der Waals surface area contributed by atoms with E-state index in [4.69, 9.17) is 14.2 Å². The Morgan fingerprint density at radius 1 is 1.25 bits per heavy atom. The summed E-state index contributed by atoms with van der Waals surface area (Å²) in [6, 6.07) is 0. The highest BCUT2D eigenvalue weighted by molar-refractivity contribution is 5.87. The van der Waals surface area contributed by atoms with Crippen molar-refractivity contribution in [3.63, 3.8) is 0 Å². The highest BCUT2D eigenvalue weighted by Crippen LogP contribution is 2.45. The maximum atomic E-state index is 12.2. The van der Waals surface area contributed by atoms with Gasteiger partial charge in [0.25, 0.3) is 0 Å². The summed E-state index contributed by atoms with van der Waals surface area (Å²) in [5.74, 6) is 0.981. The van der Waals surface area contributed by atoms with Crippen LogP contribution in [0.4, 0.5) is 0 Å². The van der Waals surface area contributed by atoms with E-state index >= 15 is 0 Å². The number of allylic oxidation sites excluding steroid dienone is 4. The molecular weight excluding hydrogens is 308 g/mol. The van der Waals surface area contributed by atoms with Gasteiger partial charge in [-0.2, -0.15) is 0 Å². The standard InChI is InChI=1S/C19H24O5/c1-5-11(2)18(21)22-15-10-13-14(24-19(15,3)4)8-6-12-7-9-16(20)23-17(12)13/h5,15H,6-10H2,1-4H3/b11-5-. The minimum absolute atomic E-state index is 0.203. The fraction of sp³-hybridized carbons (Fsp3) is 0.579. The molecule has 130 valence electrons. The molecule has 1 unspecified atom stereocenters. The second kappa shape index (κ2) is 6.11. The molecule has 1 atom stereocenters. The fourth-order valence-electron chi connectivity index (χ4n) is 3.32. The minimum atomic E-state index is -0.612. The third-order valence-corrected chi connectivity index (χ3v) is 4.99. The van der Waals surface area contributed by atoms with Crippen LogP contribution in [0.15, 0.2) is 34.3 Å². The van der Waals surface area contributed by atoms with Crippen LogP contribution < -0.4 is 0 Å². The quantitative estimate of drug-likeness (QED) is 0.570. The van der Waals surface area contributed by atoms with Gasteiger partial charge in [0, 0.05) is 30.4 Å². The van der Waals surface area contributed by atoms with Crippen molar-refractivity contribution >= 4 is 11.9 Å². The normalized spacial score (nSPS) is 26.2. The molecule has 0 aromatic rings. The van der Waals surface area contributed by atoms with Gasteiger partial charge in [0.2, 0.25) is 0 Å². The van der Waals surface area contributed by atoms with E-state index < -0.39 is 11.7 Å². The van der Waals surface area contributed by atoms with E-state index in [2.05, 4.69) is 0 Å². The molecule has 5 nitrogen and oxygen atoms in total. The number of hydrogen-bond acceptors (Lipinski definition) is 5. The molecule has 0 radical (unpaired) electrons. The maximum Gasteiger partial charge on any atom is 0.333 e. The smallest absolute Gasteiger partial charge is 0.333 e. The first-order valence-electron chi connectivity index (χ1n) is 8.50. The van der Waals surface area contributed by atoms with Gasteiger partial charge in [-0.05, 0) is 46.1 Å². The predicted molar refractivity (Wildman–Crippen MR) is 87.7 cm³/mol. The molecule has 24 heavy (non-hydrogen) atoms. The maximum absolute atomic E-state index is 12.2. The van der Waals surface area contributed by atoms with Gasteiger partial charge in [0.05, 0.1) is 0 Å². The van der Waals surface area contributed by atoms with Gasteiger partial charge >= 0.3 is 11.9 Å². The van der Waals surface area contributed by atoms with Gasteiger partial charge in [-0.3, -0.25) is 4.79 Å². The molecule has 0 aromatic carbocycles. The summed E-state index contributed by atoms with van der Waals surface area (Å²) >= 11 is 0. The molecule has 3 rings (SSSR count). The third-order valence-electron chi connectivity index (χ3n) is 4.99. The Balaban J connectivity index is 1.88. The number of esters is 2. The van der Waals surface area contributed by atoms with Gasteiger partial charge in [-0.25, -0.2) is 4.79 Å². The van der Waals surface area contributed by atoms with Crippen LogP contribution in [-0.4, -0.2) is 23.6 Å². The molecule has 2 heterocycles.